The summed E-state index contributed by atoms with van der Waals surface area (Å²) in [6.45, 7) is 8.17. The fraction of sp³-hybridized carbons (Fsp3) is 0.410. The molecule has 15 nitrogen and oxygen atoms in total. The Morgan fingerprint density at radius 3 is 2.37 bits per heavy atom. The van der Waals surface area contributed by atoms with E-state index in [1.54, 1.807) is 23.2 Å². The number of hydrogen-bond donors (Lipinski definition) is 3. The van der Waals surface area contributed by atoms with Gasteiger partial charge in [0.05, 0.1) is 23.4 Å². The number of primary amides is 1. The number of hydrogen-bond acceptors (Lipinski definition) is 10. The van der Waals surface area contributed by atoms with E-state index in [0.717, 1.165) is 68.1 Å². The number of carbonyl (C=O) groups is 5. The Balaban J connectivity index is 0.903. The van der Waals surface area contributed by atoms with Crippen molar-refractivity contribution in [2.75, 3.05) is 61.4 Å². The highest BCUT2D eigenvalue weighted by Crippen LogP contribution is 2.35. The highest BCUT2D eigenvalue weighted by atomic mass is 16.2. The maximum absolute atomic E-state index is 13.4. The molecule has 4 fully saturated rings. The highest BCUT2D eigenvalue weighted by molar-refractivity contribution is 6.23. The van der Waals surface area contributed by atoms with Gasteiger partial charge in [-0.3, -0.25) is 24.1 Å². The van der Waals surface area contributed by atoms with E-state index in [-0.39, 0.29) is 29.5 Å². The number of allylic oxidation sites excluding steroid dienone is 1. The molecule has 5 aliphatic rings. The molecule has 54 heavy (non-hydrogen) atoms. The Hall–Kier alpha value is -5.99. The molecule has 15 heteroatoms. The third-order valence-electron chi connectivity index (χ3n) is 11.4. The number of nitrogens with two attached hydrogens (primary N) is 1. The van der Waals surface area contributed by atoms with E-state index in [1.807, 2.05) is 30.1 Å². The molecule has 2 atom stereocenters. The molecule has 0 bridgehead atoms. The van der Waals surface area contributed by atoms with Crippen LogP contribution in [0.25, 0.3) is 0 Å². The molecule has 5 aliphatic heterocycles. The van der Waals surface area contributed by atoms with E-state index >= 15 is 0 Å². The molecule has 4 N–H and O–H groups in total. The molecule has 280 valence electrons. The lowest BCUT2D eigenvalue weighted by Crippen LogP contribution is -2.51. The first-order valence-electron chi connectivity index (χ1n) is 18.6. The van der Waals surface area contributed by atoms with Gasteiger partial charge in [-0.2, -0.15) is 0 Å². The van der Waals surface area contributed by atoms with Crippen LogP contribution in [0.3, 0.4) is 0 Å². The van der Waals surface area contributed by atoms with Crippen LogP contribution in [0.1, 0.15) is 81.2 Å². The third kappa shape index (κ3) is 6.47. The Kier molecular flexibility index (Phi) is 9.16. The average molecular weight is 733 g/mol. The largest absolute Gasteiger partial charge is 0.371 e. The summed E-state index contributed by atoms with van der Waals surface area (Å²) in [4.78, 5) is 82.5. The molecule has 4 saturated heterocycles. The fourth-order valence-corrected chi connectivity index (χ4v) is 8.41. The molecule has 1 unspecified atom stereocenters. The zero-order valence-electron chi connectivity index (χ0n) is 30.3. The van der Waals surface area contributed by atoms with Crippen LogP contribution >= 0.6 is 0 Å². The molecule has 0 spiro atoms. The number of aromatic nitrogens is 2. The zero-order chi connectivity index (χ0) is 37.7. The van der Waals surface area contributed by atoms with Crippen LogP contribution in [0.15, 0.2) is 60.9 Å². The van der Waals surface area contributed by atoms with Gasteiger partial charge in [0, 0.05) is 63.4 Å². The summed E-state index contributed by atoms with van der Waals surface area (Å²) in [5, 5.41) is 5.94. The minimum absolute atomic E-state index is 0.0520. The predicted octanol–water partition coefficient (Wildman–Crippen LogP) is 3.43. The molecule has 0 radical (unpaired) electrons. The van der Waals surface area contributed by atoms with Crippen molar-refractivity contribution in [3.8, 4) is 0 Å². The van der Waals surface area contributed by atoms with Gasteiger partial charge in [-0.25, -0.2) is 14.8 Å². The fourth-order valence-electron chi connectivity index (χ4n) is 8.41. The zero-order valence-corrected chi connectivity index (χ0v) is 30.3. The summed E-state index contributed by atoms with van der Waals surface area (Å²) in [6.07, 6.45) is 6.08. The van der Waals surface area contributed by atoms with Crippen molar-refractivity contribution in [3.63, 3.8) is 0 Å². The van der Waals surface area contributed by atoms with Crippen LogP contribution in [0.4, 0.5) is 27.8 Å². The van der Waals surface area contributed by atoms with Crippen molar-refractivity contribution in [2.45, 2.75) is 56.5 Å². The lowest BCUT2D eigenvalue weighted by Gasteiger charge is -2.37. The van der Waals surface area contributed by atoms with E-state index in [2.05, 4.69) is 44.1 Å². The Morgan fingerprint density at radius 1 is 0.907 bits per heavy atom. The number of benzene rings is 2. The summed E-state index contributed by atoms with van der Waals surface area (Å²) in [7, 11) is 1.82. The third-order valence-corrected chi connectivity index (χ3v) is 11.4. The highest BCUT2D eigenvalue weighted by Gasteiger charge is 2.44. The lowest BCUT2D eigenvalue weighted by molar-refractivity contribution is -0.125. The Bertz CT molecular complexity index is 2050. The van der Waals surface area contributed by atoms with Gasteiger partial charge in [-0.15, -0.1) is 0 Å². The molecule has 0 aliphatic carbocycles. The Labute approximate surface area is 313 Å². The van der Waals surface area contributed by atoms with Crippen LogP contribution < -0.4 is 26.2 Å². The second-order valence-corrected chi connectivity index (χ2v) is 14.8. The lowest BCUT2D eigenvalue weighted by atomic mass is 9.89. The van der Waals surface area contributed by atoms with Crippen molar-refractivity contribution in [2.24, 2.45) is 5.73 Å². The van der Waals surface area contributed by atoms with Crippen LogP contribution in [0.5, 0.6) is 0 Å². The maximum Gasteiger partial charge on any atom is 0.320 e. The van der Waals surface area contributed by atoms with Gasteiger partial charge < -0.3 is 36.0 Å². The number of rotatable bonds is 8. The van der Waals surface area contributed by atoms with Crippen LogP contribution in [-0.2, 0) is 4.79 Å². The van der Waals surface area contributed by atoms with E-state index in [9.17, 15) is 24.0 Å². The monoisotopic (exact) mass is 732 g/mol. The molecular formula is C39H44N10O5. The molecule has 3 aromatic rings. The summed E-state index contributed by atoms with van der Waals surface area (Å²) in [5.74, 6) is -0.697. The van der Waals surface area contributed by atoms with Crippen LogP contribution in [-0.4, -0.2) is 113 Å². The van der Waals surface area contributed by atoms with Crippen molar-refractivity contribution < 1.29 is 24.0 Å². The van der Waals surface area contributed by atoms with Crippen molar-refractivity contribution in [3.05, 3.63) is 83.3 Å². The number of imide groups is 1. The number of urea groups is 1. The summed E-state index contributed by atoms with van der Waals surface area (Å²) >= 11 is 0. The van der Waals surface area contributed by atoms with Crippen molar-refractivity contribution in [1.82, 2.24) is 30.0 Å². The minimum Gasteiger partial charge on any atom is -0.371 e. The molecule has 0 saturated carbocycles. The quantitative estimate of drug-likeness (QED) is 0.291. The minimum atomic E-state index is -0.837. The van der Waals surface area contributed by atoms with Crippen LogP contribution in [0, 0.1) is 0 Å². The smallest absolute Gasteiger partial charge is 0.320 e. The number of amides is 6. The Morgan fingerprint density at radius 2 is 1.67 bits per heavy atom. The average Bonchev–Trinajstić information content (AvgIpc) is 3.64. The van der Waals surface area contributed by atoms with Crippen molar-refractivity contribution in [1.29, 1.82) is 0 Å². The SMILES string of the molecule is C=C1CCC(N2C(=O)c3ccc(N4CCC(c5ccc(Nc6nc(N7CCC[C@@H](N8CCN(C)C8=O)C7)cnc6C(N)=O)cc5)CC4)cc3C2=O)C(=O)N1. The van der Waals surface area contributed by atoms with Gasteiger partial charge in [-0.1, -0.05) is 18.7 Å². The number of piperidine rings is 3. The van der Waals surface area contributed by atoms with Gasteiger partial charge in [0.25, 0.3) is 17.7 Å². The van der Waals surface area contributed by atoms with Gasteiger partial charge in [-0.05, 0) is 80.3 Å². The first kappa shape index (κ1) is 35.1. The molecule has 6 amide bonds. The number of carbonyl (C=O) groups excluding carboxylic acids is 5. The number of likely N-dealkylation sites (N-methyl/N-ethyl adjacent to an activating group) is 1. The standard InChI is InChI=1S/C39H44N10O5/c1-23-5-12-31(36(51)42-23)49-37(52)29-11-10-27(20-30(29)38(49)53)46-16-13-25(14-17-46)24-6-8-26(9-7-24)43-35-33(34(40)50)41-21-32(44-35)47-15-3-4-28(22-47)48-19-18-45(2)39(48)54/h6-11,20-21,25,28,31H,1,3-5,12-19,22H2,2H3,(H2,40,50)(H,42,51)(H,43,44)/t28-,31?/m1/s1. The van der Waals surface area contributed by atoms with E-state index in [0.29, 0.717) is 54.5 Å². The topological polar surface area (TPSA) is 177 Å². The summed E-state index contributed by atoms with van der Waals surface area (Å²) < 4.78 is 0. The summed E-state index contributed by atoms with van der Waals surface area (Å²) in [6, 6.07) is 12.7. The van der Waals surface area contributed by atoms with E-state index < -0.39 is 23.8 Å². The molecule has 8 rings (SSSR count). The van der Waals surface area contributed by atoms with E-state index in [4.69, 9.17) is 10.7 Å². The van der Waals surface area contributed by atoms with Gasteiger partial charge in [0.15, 0.2) is 11.5 Å². The number of nitrogens with zero attached hydrogens (tertiary/aromatic N) is 7. The van der Waals surface area contributed by atoms with Crippen LogP contribution in [0.2, 0.25) is 0 Å². The first-order chi connectivity index (χ1) is 26.0. The molecule has 2 aromatic carbocycles. The second-order valence-electron chi connectivity index (χ2n) is 14.8. The van der Waals surface area contributed by atoms with Gasteiger partial charge in [0.2, 0.25) is 5.91 Å². The molecular weight excluding hydrogens is 688 g/mol. The first-order valence-corrected chi connectivity index (χ1v) is 18.6. The van der Waals surface area contributed by atoms with Gasteiger partial charge in [0.1, 0.15) is 11.9 Å². The number of nitrogens with one attached hydrogen (secondary N) is 2. The second kappa shape index (κ2) is 14.1. The van der Waals surface area contributed by atoms with Crippen molar-refractivity contribution >= 4 is 52.7 Å². The molecule has 6 heterocycles. The maximum atomic E-state index is 13.4. The predicted molar refractivity (Wildman–Crippen MR) is 202 cm³/mol. The number of fused-ring (bicyclic) bond motifs is 1. The van der Waals surface area contributed by atoms with E-state index in [1.165, 1.54) is 5.56 Å². The molecule has 1 aromatic heterocycles. The number of anilines is 4. The summed E-state index contributed by atoms with van der Waals surface area (Å²) in [5.41, 5.74) is 9.81. The van der Waals surface area contributed by atoms with Gasteiger partial charge >= 0.3 is 6.03 Å². The normalized spacial score (nSPS) is 22.2.